The fourth-order valence-electron chi connectivity index (χ4n) is 1.95. The van der Waals surface area contributed by atoms with E-state index in [-0.39, 0.29) is 18.1 Å². The maximum atomic E-state index is 12.4. The predicted molar refractivity (Wildman–Crippen MR) is 80.7 cm³/mol. The van der Waals surface area contributed by atoms with E-state index in [0.29, 0.717) is 24.5 Å². The van der Waals surface area contributed by atoms with Crippen LogP contribution >= 0.6 is 54.8 Å². The van der Waals surface area contributed by atoms with Gasteiger partial charge in [-0.3, -0.25) is 4.79 Å². The molecule has 0 N–H and O–H groups in total. The summed E-state index contributed by atoms with van der Waals surface area (Å²) < 4.78 is 7.43. The van der Waals surface area contributed by atoms with Crippen molar-refractivity contribution in [3.63, 3.8) is 0 Å². The van der Waals surface area contributed by atoms with Crippen LogP contribution < -0.4 is 0 Å². The van der Waals surface area contributed by atoms with Crippen LogP contribution in [0.4, 0.5) is 0 Å². The minimum absolute atomic E-state index is 0.0206. The first-order valence-corrected chi connectivity index (χ1v) is 8.40. The van der Waals surface area contributed by atoms with Crippen molar-refractivity contribution in [2.24, 2.45) is 0 Å². The van der Waals surface area contributed by atoms with E-state index in [1.54, 1.807) is 4.90 Å². The number of nitrogens with zero attached hydrogens (tertiary/aromatic N) is 1. The Morgan fingerprint density at radius 3 is 2.89 bits per heavy atom. The molecule has 1 aromatic heterocycles. The molecule has 0 spiro atoms. The topological polar surface area (TPSA) is 29.5 Å². The van der Waals surface area contributed by atoms with E-state index in [1.807, 2.05) is 13.0 Å². The van der Waals surface area contributed by atoms with Crippen molar-refractivity contribution in [1.82, 2.24) is 4.90 Å². The van der Waals surface area contributed by atoms with Crippen molar-refractivity contribution in [2.45, 2.75) is 19.1 Å². The number of carbonyl (C=O) groups is 1. The summed E-state index contributed by atoms with van der Waals surface area (Å²) in [5.41, 5.74) is 0.689. The molecular weight excluding hydrogens is 405 g/mol. The standard InChI is InChI=1S/C11H12Br2ClNO2S/c1-6-4-15(5-7(3-14)17-6)11(16)8-2-9(12)18-10(8)13/h2,6-7H,3-5H2,1H3. The quantitative estimate of drug-likeness (QED) is 0.686. The lowest BCUT2D eigenvalue weighted by atomic mass is 10.2. The largest absolute Gasteiger partial charge is 0.370 e. The number of thiophene rings is 1. The highest BCUT2D eigenvalue weighted by Gasteiger charge is 2.29. The van der Waals surface area contributed by atoms with Crippen LogP contribution in [-0.4, -0.2) is 42.0 Å². The summed E-state index contributed by atoms with van der Waals surface area (Å²) >= 11 is 14.1. The molecule has 1 saturated heterocycles. The van der Waals surface area contributed by atoms with E-state index in [1.165, 1.54) is 11.3 Å². The lowest BCUT2D eigenvalue weighted by Crippen LogP contribution is -2.49. The molecule has 2 heterocycles. The SMILES string of the molecule is CC1CN(C(=O)c2cc(Br)sc2Br)CC(CCl)O1. The summed E-state index contributed by atoms with van der Waals surface area (Å²) in [6, 6.07) is 1.84. The van der Waals surface area contributed by atoms with Gasteiger partial charge in [0.1, 0.15) is 0 Å². The van der Waals surface area contributed by atoms with Gasteiger partial charge in [-0.15, -0.1) is 22.9 Å². The summed E-state index contributed by atoms with van der Waals surface area (Å²) in [4.78, 5) is 14.2. The van der Waals surface area contributed by atoms with Crippen molar-refractivity contribution in [1.29, 1.82) is 0 Å². The van der Waals surface area contributed by atoms with Gasteiger partial charge in [0.2, 0.25) is 0 Å². The van der Waals surface area contributed by atoms with Crippen LogP contribution in [0.1, 0.15) is 17.3 Å². The van der Waals surface area contributed by atoms with Gasteiger partial charge in [-0.2, -0.15) is 0 Å². The highest BCUT2D eigenvalue weighted by atomic mass is 79.9. The van der Waals surface area contributed by atoms with Crippen molar-refractivity contribution < 1.29 is 9.53 Å². The molecule has 100 valence electrons. The van der Waals surface area contributed by atoms with Gasteiger partial charge < -0.3 is 9.64 Å². The third-order valence-corrected chi connectivity index (χ3v) is 5.36. The first kappa shape index (κ1) is 14.8. The molecule has 1 aliphatic heterocycles. The Morgan fingerprint density at radius 2 is 2.33 bits per heavy atom. The third kappa shape index (κ3) is 3.28. The van der Waals surface area contributed by atoms with Crippen LogP contribution in [-0.2, 0) is 4.74 Å². The first-order valence-electron chi connectivity index (χ1n) is 5.46. The summed E-state index contributed by atoms with van der Waals surface area (Å²) in [5, 5.41) is 0. The number of hydrogen-bond acceptors (Lipinski definition) is 3. The van der Waals surface area contributed by atoms with Crippen molar-refractivity contribution in [3.8, 4) is 0 Å². The fraction of sp³-hybridized carbons (Fsp3) is 0.545. The zero-order valence-corrected chi connectivity index (χ0v) is 14.4. The molecule has 1 aliphatic rings. The van der Waals surface area contributed by atoms with Crippen LogP contribution in [0.15, 0.2) is 13.6 Å². The van der Waals surface area contributed by atoms with E-state index in [0.717, 1.165) is 7.57 Å². The number of ether oxygens (including phenoxy) is 1. The minimum atomic E-state index is -0.0831. The van der Waals surface area contributed by atoms with Crippen molar-refractivity contribution >= 4 is 60.7 Å². The van der Waals surface area contributed by atoms with E-state index in [9.17, 15) is 4.79 Å². The Balaban J connectivity index is 2.15. The molecule has 1 amide bonds. The van der Waals surface area contributed by atoms with E-state index in [4.69, 9.17) is 16.3 Å². The zero-order valence-electron chi connectivity index (χ0n) is 9.66. The molecule has 18 heavy (non-hydrogen) atoms. The number of hydrogen-bond donors (Lipinski definition) is 0. The molecule has 2 atom stereocenters. The Morgan fingerprint density at radius 1 is 1.61 bits per heavy atom. The molecule has 0 aliphatic carbocycles. The number of halogens is 3. The zero-order chi connectivity index (χ0) is 13.3. The Hall–Kier alpha value is 0.380. The average molecular weight is 418 g/mol. The van der Waals surface area contributed by atoms with Crippen LogP contribution in [0.5, 0.6) is 0 Å². The highest BCUT2D eigenvalue weighted by molar-refractivity contribution is 9.12. The monoisotopic (exact) mass is 415 g/mol. The minimum Gasteiger partial charge on any atom is -0.370 e. The Bertz CT molecular complexity index is 454. The molecule has 1 aromatic rings. The van der Waals surface area contributed by atoms with Crippen LogP contribution in [0.2, 0.25) is 0 Å². The lowest BCUT2D eigenvalue weighted by Gasteiger charge is -2.36. The third-order valence-electron chi connectivity index (χ3n) is 2.67. The normalized spacial score (nSPS) is 24.3. The maximum absolute atomic E-state index is 12.4. The number of rotatable bonds is 2. The first-order chi connectivity index (χ1) is 8.51. The van der Waals surface area contributed by atoms with Crippen molar-refractivity contribution in [3.05, 3.63) is 19.2 Å². The van der Waals surface area contributed by atoms with Crippen LogP contribution in [0, 0.1) is 0 Å². The highest BCUT2D eigenvalue weighted by Crippen LogP contribution is 2.33. The molecule has 2 rings (SSSR count). The number of carbonyl (C=O) groups excluding carboxylic acids is 1. The van der Waals surface area contributed by atoms with E-state index >= 15 is 0 Å². The Labute approximate surface area is 132 Å². The molecule has 3 nitrogen and oxygen atoms in total. The number of alkyl halides is 1. The van der Waals surface area contributed by atoms with Gasteiger partial charge in [0, 0.05) is 13.1 Å². The van der Waals surface area contributed by atoms with Crippen LogP contribution in [0.25, 0.3) is 0 Å². The van der Waals surface area contributed by atoms with Crippen LogP contribution in [0.3, 0.4) is 0 Å². The molecule has 0 saturated carbocycles. The summed E-state index contributed by atoms with van der Waals surface area (Å²) in [7, 11) is 0. The Kier molecular flexibility index (Phi) is 5.11. The lowest BCUT2D eigenvalue weighted by molar-refractivity contribution is -0.0570. The molecule has 0 radical (unpaired) electrons. The second kappa shape index (κ2) is 6.22. The summed E-state index contributed by atoms with van der Waals surface area (Å²) in [6.07, 6.45) is -0.0625. The summed E-state index contributed by atoms with van der Waals surface area (Å²) in [6.45, 7) is 3.11. The molecule has 2 unspecified atom stereocenters. The van der Waals surface area contributed by atoms with Gasteiger partial charge in [0.25, 0.3) is 5.91 Å². The van der Waals surface area contributed by atoms with Gasteiger partial charge in [0.05, 0.1) is 31.2 Å². The van der Waals surface area contributed by atoms with Gasteiger partial charge >= 0.3 is 0 Å². The van der Waals surface area contributed by atoms with Gasteiger partial charge in [0.15, 0.2) is 0 Å². The van der Waals surface area contributed by atoms with Gasteiger partial charge in [-0.05, 0) is 44.8 Å². The van der Waals surface area contributed by atoms with Gasteiger partial charge in [-0.25, -0.2) is 0 Å². The number of morpholine rings is 1. The smallest absolute Gasteiger partial charge is 0.256 e. The fourth-order valence-corrected chi connectivity index (χ4v) is 4.90. The average Bonchev–Trinajstić information content (AvgIpc) is 2.66. The van der Waals surface area contributed by atoms with E-state index < -0.39 is 0 Å². The second-order valence-electron chi connectivity index (χ2n) is 4.17. The molecule has 1 fully saturated rings. The van der Waals surface area contributed by atoms with Crippen molar-refractivity contribution in [2.75, 3.05) is 19.0 Å². The second-order valence-corrected chi connectivity index (χ2v) is 8.23. The van der Waals surface area contributed by atoms with E-state index in [2.05, 4.69) is 31.9 Å². The maximum Gasteiger partial charge on any atom is 0.256 e. The molecule has 0 aromatic carbocycles. The number of amides is 1. The molecule has 7 heteroatoms. The molecule has 0 bridgehead atoms. The van der Waals surface area contributed by atoms with Gasteiger partial charge in [-0.1, -0.05) is 0 Å². The predicted octanol–water partition coefficient (Wildman–Crippen LogP) is 3.74. The summed E-state index contributed by atoms with van der Waals surface area (Å²) in [5.74, 6) is 0.428. The molecular formula is C11H12Br2ClNO2S.